The number of sulfone groups is 1. The van der Waals surface area contributed by atoms with Crippen LogP contribution in [0.3, 0.4) is 0 Å². The van der Waals surface area contributed by atoms with Crippen LogP contribution in [0.5, 0.6) is 0 Å². The normalized spacial score (nSPS) is 11.4. The molecule has 0 amide bonds. The molecule has 2 N–H and O–H groups in total. The molecule has 0 radical (unpaired) electrons. The first-order chi connectivity index (χ1) is 8.62. The SMILES string of the molecule is CCS(=O)(=O)c1ccc(NCc2cc[nH]c2)cc1. The zero-order valence-electron chi connectivity index (χ0n) is 10.2. The van der Waals surface area contributed by atoms with Gasteiger partial charge < -0.3 is 10.3 Å². The third-order valence-corrected chi connectivity index (χ3v) is 4.50. The van der Waals surface area contributed by atoms with Crippen molar-refractivity contribution in [2.75, 3.05) is 11.1 Å². The molecule has 1 aromatic heterocycles. The molecule has 18 heavy (non-hydrogen) atoms. The summed E-state index contributed by atoms with van der Waals surface area (Å²) in [6.45, 7) is 2.36. The molecule has 0 aliphatic rings. The first-order valence-electron chi connectivity index (χ1n) is 5.80. The smallest absolute Gasteiger partial charge is 0.178 e. The fraction of sp³-hybridized carbons (Fsp3) is 0.231. The van der Waals surface area contributed by atoms with E-state index in [4.69, 9.17) is 0 Å². The summed E-state index contributed by atoms with van der Waals surface area (Å²) < 4.78 is 23.3. The molecule has 1 heterocycles. The Bertz CT molecular complexity index is 586. The minimum absolute atomic E-state index is 0.128. The van der Waals surface area contributed by atoms with Crippen LogP contribution in [-0.4, -0.2) is 19.2 Å². The summed E-state index contributed by atoms with van der Waals surface area (Å²) in [4.78, 5) is 3.36. The Morgan fingerprint density at radius 2 is 1.89 bits per heavy atom. The van der Waals surface area contributed by atoms with E-state index in [0.717, 1.165) is 11.3 Å². The lowest BCUT2D eigenvalue weighted by Gasteiger charge is -2.06. The maximum absolute atomic E-state index is 11.6. The van der Waals surface area contributed by atoms with Gasteiger partial charge in [0.1, 0.15) is 0 Å². The molecule has 0 saturated carbocycles. The summed E-state index contributed by atoms with van der Waals surface area (Å²) in [7, 11) is -3.11. The molecule has 0 aliphatic heterocycles. The van der Waals surface area contributed by atoms with E-state index >= 15 is 0 Å². The van der Waals surface area contributed by atoms with E-state index in [1.807, 2.05) is 18.5 Å². The first kappa shape index (κ1) is 12.7. The maximum atomic E-state index is 11.6. The van der Waals surface area contributed by atoms with Gasteiger partial charge in [-0.3, -0.25) is 0 Å². The van der Waals surface area contributed by atoms with Crippen LogP contribution in [0.2, 0.25) is 0 Å². The van der Waals surface area contributed by atoms with Gasteiger partial charge in [-0.1, -0.05) is 6.92 Å². The molecule has 4 nitrogen and oxygen atoms in total. The molecule has 0 unspecified atom stereocenters. The highest BCUT2D eigenvalue weighted by atomic mass is 32.2. The summed E-state index contributed by atoms with van der Waals surface area (Å²) in [5, 5.41) is 3.23. The molecule has 0 bridgehead atoms. The second-order valence-corrected chi connectivity index (χ2v) is 6.28. The molecule has 96 valence electrons. The molecular weight excluding hydrogens is 248 g/mol. The van der Waals surface area contributed by atoms with Gasteiger partial charge in [-0.15, -0.1) is 0 Å². The van der Waals surface area contributed by atoms with E-state index < -0.39 is 9.84 Å². The van der Waals surface area contributed by atoms with Crippen molar-refractivity contribution in [3.8, 4) is 0 Å². The second-order valence-electron chi connectivity index (χ2n) is 4.00. The van der Waals surface area contributed by atoms with Gasteiger partial charge in [-0.05, 0) is 35.9 Å². The number of hydrogen-bond donors (Lipinski definition) is 2. The van der Waals surface area contributed by atoms with Gasteiger partial charge in [0.25, 0.3) is 0 Å². The fourth-order valence-corrected chi connectivity index (χ4v) is 2.50. The number of benzene rings is 1. The lowest BCUT2D eigenvalue weighted by Crippen LogP contribution is -2.04. The number of aromatic nitrogens is 1. The van der Waals surface area contributed by atoms with Crippen molar-refractivity contribution < 1.29 is 8.42 Å². The van der Waals surface area contributed by atoms with Crippen LogP contribution in [0.1, 0.15) is 12.5 Å². The molecule has 0 spiro atoms. The van der Waals surface area contributed by atoms with Crippen molar-refractivity contribution in [1.29, 1.82) is 0 Å². The topological polar surface area (TPSA) is 62.0 Å². The summed E-state index contributed by atoms with van der Waals surface area (Å²) in [6.07, 6.45) is 3.79. The minimum atomic E-state index is -3.11. The summed E-state index contributed by atoms with van der Waals surface area (Å²) >= 11 is 0. The van der Waals surface area contributed by atoms with Gasteiger partial charge in [0, 0.05) is 24.6 Å². The Hall–Kier alpha value is -1.75. The predicted octanol–water partition coefficient (Wildman–Crippen LogP) is 2.42. The Kier molecular flexibility index (Phi) is 3.72. The van der Waals surface area contributed by atoms with Crippen molar-refractivity contribution in [3.05, 3.63) is 48.3 Å². The monoisotopic (exact) mass is 264 g/mol. The van der Waals surface area contributed by atoms with E-state index in [2.05, 4.69) is 10.3 Å². The lowest BCUT2D eigenvalue weighted by molar-refractivity contribution is 0.597. The molecule has 2 rings (SSSR count). The average Bonchev–Trinajstić information content (AvgIpc) is 2.90. The van der Waals surface area contributed by atoms with Crippen molar-refractivity contribution in [2.45, 2.75) is 18.4 Å². The third kappa shape index (κ3) is 2.92. The third-order valence-electron chi connectivity index (χ3n) is 2.75. The quantitative estimate of drug-likeness (QED) is 0.871. The van der Waals surface area contributed by atoms with E-state index in [0.29, 0.717) is 11.4 Å². The molecule has 0 saturated heterocycles. The number of nitrogens with one attached hydrogen (secondary N) is 2. The summed E-state index contributed by atoms with van der Waals surface area (Å²) in [5.74, 6) is 0.128. The Morgan fingerprint density at radius 1 is 1.17 bits per heavy atom. The number of H-pyrrole nitrogens is 1. The van der Waals surface area contributed by atoms with Crippen LogP contribution in [0, 0.1) is 0 Å². The van der Waals surface area contributed by atoms with Gasteiger partial charge in [-0.2, -0.15) is 0 Å². The molecule has 0 atom stereocenters. The number of rotatable bonds is 5. The number of anilines is 1. The predicted molar refractivity (Wildman–Crippen MR) is 72.3 cm³/mol. The van der Waals surface area contributed by atoms with Crippen LogP contribution in [0.4, 0.5) is 5.69 Å². The fourth-order valence-electron chi connectivity index (χ4n) is 1.62. The average molecular weight is 264 g/mol. The van der Waals surface area contributed by atoms with Crippen molar-refractivity contribution in [1.82, 2.24) is 4.98 Å². The van der Waals surface area contributed by atoms with Crippen LogP contribution >= 0.6 is 0 Å². The van der Waals surface area contributed by atoms with Crippen LogP contribution in [-0.2, 0) is 16.4 Å². The first-order valence-corrected chi connectivity index (χ1v) is 7.45. The minimum Gasteiger partial charge on any atom is -0.381 e. The zero-order chi connectivity index (χ0) is 13.0. The Labute approximate surface area is 107 Å². The van der Waals surface area contributed by atoms with Gasteiger partial charge in [0.2, 0.25) is 0 Å². The molecular formula is C13H16N2O2S. The molecule has 5 heteroatoms. The standard InChI is InChI=1S/C13H16N2O2S/c1-2-18(16,17)13-5-3-12(4-6-13)15-10-11-7-8-14-9-11/h3-9,14-15H,2,10H2,1H3. The Morgan fingerprint density at radius 3 is 2.44 bits per heavy atom. The highest BCUT2D eigenvalue weighted by Crippen LogP contribution is 2.15. The van der Waals surface area contributed by atoms with Gasteiger partial charge in [0.05, 0.1) is 10.6 Å². The number of aromatic amines is 1. The summed E-state index contributed by atoms with van der Waals surface area (Å²) in [5.41, 5.74) is 2.06. The van der Waals surface area contributed by atoms with Crippen molar-refractivity contribution >= 4 is 15.5 Å². The zero-order valence-corrected chi connectivity index (χ0v) is 11.0. The van der Waals surface area contributed by atoms with Crippen LogP contribution in [0.25, 0.3) is 0 Å². The van der Waals surface area contributed by atoms with E-state index in [1.165, 1.54) is 0 Å². The van der Waals surface area contributed by atoms with Crippen LogP contribution < -0.4 is 5.32 Å². The van der Waals surface area contributed by atoms with E-state index in [9.17, 15) is 8.42 Å². The highest BCUT2D eigenvalue weighted by molar-refractivity contribution is 7.91. The molecule has 1 aromatic carbocycles. The number of hydrogen-bond acceptors (Lipinski definition) is 3. The molecule has 0 fully saturated rings. The van der Waals surface area contributed by atoms with E-state index in [-0.39, 0.29) is 5.75 Å². The molecule has 0 aliphatic carbocycles. The van der Waals surface area contributed by atoms with Gasteiger partial charge >= 0.3 is 0 Å². The maximum Gasteiger partial charge on any atom is 0.178 e. The Balaban J connectivity index is 2.04. The lowest BCUT2D eigenvalue weighted by atomic mass is 10.3. The second kappa shape index (κ2) is 5.27. The largest absolute Gasteiger partial charge is 0.381 e. The highest BCUT2D eigenvalue weighted by Gasteiger charge is 2.10. The van der Waals surface area contributed by atoms with E-state index in [1.54, 1.807) is 31.2 Å². The van der Waals surface area contributed by atoms with Gasteiger partial charge in [0.15, 0.2) is 9.84 Å². The van der Waals surface area contributed by atoms with Crippen molar-refractivity contribution in [3.63, 3.8) is 0 Å². The van der Waals surface area contributed by atoms with Gasteiger partial charge in [-0.25, -0.2) is 8.42 Å². The van der Waals surface area contributed by atoms with Crippen LogP contribution in [0.15, 0.2) is 47.6 Å². The molecule has 2 aromatic rings. The van der Waals surface area contributed by atoms with Crippen molar-refractivity contribution in [2.24, 2.45) is 0 Å². The summed E-state index contributed by atoms with van der Waals surface area (Å²) in [6, 6.07) is 8.84.